The number of para-hydroxylation sites is 1. The van der Waals surface area contributed by atoms with Gasteiger partial charge in [-0.25, -0.2) is 4.79 Å². The molecule has 0 fully saturated rings. The third-order valence-electron chi connectivity index (χ3n) is 2.50. The van der Waals surface area contributed by atoms with Crippen LogP contribution in [0.1, 0.15) is 36.5 Å². The standard InChI is InChI=1S/C14H16O5/c1-2-3-8-19-13-7-5-4-6-10(13)11(15)9-12(16)14(17)18/h4-7H,2-3,8-9H2,1H3,(H,17,18). The summed E-state index contributed by atoms with van der Waals surface area (Å²) in [4.78, 5) is 33.3. The molecule has 5 heteroatoms. The van der Waals surface area contributed by atoms with E-state index in [1.165, 1.54) is 6.07 Å². The van der Waals surface area contributed by atoms with Crippen LogP contribution < -0.4 is 4.74 Å². The summed E-state index contributed by atoms with van der Waals surface area (Å²) >= 11 is 0. The highest BCUT2D eigenvalue weighted by atomic mass is 16.5. The molecule has 0 amide bonds. The Labute approximate surface area is 111 Å². The maximum absolute atomic E-state index is 11.8. The fourth-order valence-electron chi connectivity index (χ4n) is 1.47. The summed E-state index contributed by atoms with van der Waals surface area (Å²) in [5.41, 5.74) is 0.244. The molecule has 0 spiro atoms. The molecule has 1 aromatic carbocycles. The summed E-state index contributed by atoms with van der Waals surface area (Å²) in [5, 5.41) is 8.49. The molecule has 0 saturated heterocycles. The Bertz CT molecular complexity index is 478. The Hall–Kier alpha value is -2.17. The quantitative estimate of drug-likeness (QED) is 0.336. The van der Waals surface area contributed by atoms with E-state index in [1.807, 2.05) is 6.92 Å². The number of aliphatic carboxylic acids is 1. The predicted molar refractivity (Wildman–Crippen MR) is 68.4 cm³/mol. The Morgan fingerprint density at radius 3 is 2.53 bits per heavy atom. The number of ketones is 2. The number of ether oxygens (including phenoxy) is 1. The second-order valence-electron chi connectivity index (χ2n) is 4.03. The van der Waals surface area contributed by atoms with E-state index in [9.17, 15) is 14.4 Å². The van der Waals surface area contributed by atoms with Crippen molar-refractivity contribution in [1.82, 2.24) is 0 Å². The monoisotopic (exact) mass is 264 g/mol. The molecule has 0 atom stereocenters. The zero-order valence-electron chi connectivity index (χ0n) is 10.7. The Morgan fingerprint density at radius 2 is 1.89 bits per heavy atom. The second kappa shape index (κ2) is 7.31. The number of carboxylic acids is 1. The summed E-state index contributed by atoms with van der Waals surface area (Å²) < 4.78 is 5.46. The van der Waals surface area contributed by atoms with Crippen molar-refractivity contribution in [3.63, 3.8) is 0 Å². The highest BCUT2D eigenvalue weighted by Gasteiger charge is 2.20. The van der Waals surface area contributed by atoms with Crippen molar-refractivity contribution in [1.29, 1.82) is 0 Å². The first-order valence-corrected chi connectivity index (χ1v) is 6.07. The number of hydrogen-bond acceptors (Lipinski definition) is 4. The van der Waals surface area contributed by atoms with Crippen LogP contribution in [-0.4, -0.2) is 29.2 Å². The zero-order valence-corrected chi connectivity index (χ0v) is 10.7. The summed E-state index contributed by atoms with van der Waals surface area (Å²) in [6, 6.07) is 6.52. The molecule has 102 valence electrons. The van der Waals surface area contributed by atoms with Crippen LogP contribution in [0.4, 0.5) is 0 Å². The number of rotatable bonds is 8. The number of carbonyl (C=O) groups excluding carboxylic acids is 2. The molecule has 5 nitrogen and oxygen atoms in total. The minimum atomic E-state index is -1.60. The van der Waals surface area contributed by atoms with Gasteiger partial charge in [0.15, 0.2) is 5.78 Å². The lowest BCUT2D eigenvalue weighted by atomic mass is 10.1. The highest BCUT2D eigenvalue weighted by molar-refractivity contribution is 6.37. The zero-order chi connectivity index (χ0) is 14.3. The average Bonchev–Trinajstić information content (AvgIpc) is 2.39. The maximum Gasteiger partial charge on any atom is 0.372 e. The second-order valence-corrected chi connectivity index (χ2v) is 4.03. The highest BCUT2D eigenvalue weighted by Crippen LogP contribution is 2.20. The van der Waals surface area contributed by atoms with E-state index in [0.29, 0.717) is 12.4 Å². The fraction of sp³-hybridized carbons (Fsp3) is 0.357. The molecular formula is C14H16O5. The molecule has 1 rings (SSSR count). The minimum absolute atomic E-state index is 0.244. The predicted octanol–water partition coefficient (Wildman–Crippen LogP) is 2.09. The Morgan fingerprint density at radius 1 is 1.21 bits per heavy atom. The lowest BCUT2D eigenvalue weighted by Crippen LogP contribution is -2.17. The molecule has 19 heavy (non-hydrogen) atoms. The molecule has 0 aliphatic rings. The van der Waals surface area contributed by atoms with Crippen molar-refractivity contribution in [2.75, 3.05) is 6.61 Å². The van der Waals surface area contributed by atoms with Gasteiger partial charge in [-0.1, -0.05) is 25.5 Å². The van der Waals surface area contributed by atoms with E-state index in [4.69, 9.17) is 9.84 Å². The topological polar surface area (TPSA) is 80.7 Å². The summed E-state index contributed by atoms with van der Waals surface area (Å²) in [6.07, 6.45) is 1.17. The van der Waals surface area contributed by atoms with Crippen LogP contribution in [0.25, 0.3) is 0 Å². The van der Waals surface area contributed by atoms with Crippen LogP contribution in [-0.2, 0) is 9.59 Å². The van der Waals surface area contributed by atoms with Crippen LogP contribution in [0.5, 0.6) is 5.75 Å². The third kappa shape index (κ3) is 4.54. The van der Waals surface area contributed by atoms with Gasteiger partial charge in [0.05, 0.1) is 18.6 Å². The van der Waals surface area contributed by atoms with E-state index < -0.39 is 24.0 Å². The van der Waals surface area contributed by atoms with Crippen molar-refractivity contribution < 1.29 is 24.2 Å². The van der Waals surface area contributed by atoms with Crippen molar-refractivity contribution in [2.24, 2.45) is 0 Å². The van der Waals surface area contributed by atoms with Crippen LogP contribution >= 0.6 is 0 Å². The van der Waals surface area contributed by atoms with Gasteiger partial charge in [0.25, 0.3) is 0 Å². The van der Waals surface area contributed by atoms with Crippen LogP contribution in [0, 0.1) is 0 Å². The lowest BCUT2D eigenvalue weighted by molar-refractivity contribution is -0.148. The fourth-order valence-corrected chi connectivity index (χ4v) is 1.47. The van der Waals surface area contributed by atoms with Gasteiger partial charge in [-0.3, -0.25) is 9.59 Å². The van der Waals surface area contributed by atoms with Crippen LogP contribution in [0.2, 0.25) is 0 Å². The van der Waals surface area contributed by atoms with Gasteiger partial charge < -0.3 is 9.84 Å². The lowest BCUT2D eigenvalue weighted by Gasteiger charge is -2.09. The van der Waals surface area contributed by atoms with Crippen molar-refractivity contribution in [3.05, 3.63) is 29.8 Å². The molecule has 0 aromatic heterocycles. The minimum Gasteiger partial charge on any atom is -0.493 e. The molecule has 1 aromatic rings. The molecule has 0 aliphatic heterocycles. The maximum atomic E-state index is 11.8. The Balaban J connectivity index is 2.78. The smallest absolute Gasteiger partial charge is 0.372 e. The first-order chi connectivity index (χ1) is 9.06. The molecule has 1 N–H and O–H groups in total. The van der Waals surface area contributed by atoms with Crippen LogP contribution in [0.15, 0.2) is 24.3 Å². The molecule has 0 aliphatic carbocycles. The number of carboxylic acid groups (broad SMARTS) is 1. The number of Topliss-reactive ketones (excluding diaryl/α,β-unsaturated/α-hetero) is 2. The van der Waals surface area contributed by atoms with E-state index >= 15 is 0 Å². The van der Waals surface area contributed by atoms with Gasteiger partial charge >= 0.3 is 5.97 Å². The first kappa shape index (κ1) is 14.9. The normalized spacial score (nSPS) is 9.95. The Kier molecular flexibility index (Phi) is 5.73. The van der Waals surface area contributed by atoms with Crippen molar-refractivity contribution >= 4 is 17.5 Å². The molecule has 0 heterocycles. The van der Waals surface area contributed by atoms with Gasteiger partial charge in [-0.15, -0.1) is 0 Å². The van der Waals surface area contributed by atoms with E-state index in [2.05, 4.69) is 0 Å². The summed E-state index contributed by atoms with van der Waals surface area (Å²) in [6.45, 7) is 2.50. The van der Waals surface area contributed by atoms with E-state index in [-0.39, 0.29) is 5.56 Å². The largest absolute Gasteiger partial charge is 0.493 e. The van der Waals surface area contributed by atoms with Crippen molar-refractivity contribution in [3.8, 4) is 5.75 Å². The SMILES string of the molecule is CCCCOc1ccccc1C(=O)CC(=O)C(=O)O. The molecule has 0 saturated carbocycles. The number of unbranched alkanes of at least 4 members (excludes halogenated alkanes) is 1. The van der Waals surface area contributed by atoms with Crippen LogP contribution in [0.3, 0.4) is 0 Å². The van der Waals surface area contributed by atoms with E-state index in [0.717, 1.165) is 12.8 Å². The summed E-state index contributed by atoms with van der Waals surface area (Å²) in [7, 11) is 0. The van der Waals surface area contributed by atoms with Crippen molar-refractivity contribution in [2.45, 2.75) is 26.2 Å². The molecular weight excluding hydrogens is 248 g/mol. The molecule has 0 radical (unpaired) electrons. The van der Waals surface area contributed by atoms with Gasteiger partial charge in [-0.05, 0) is 18.6 Å². The molecule has 0 bridgehead atoms. The number of hydrogen-bond donors (Lipinski definition) is 1. The van der Waals surface area contributed by atoms with Gasteiger partial charge in [0.1, 0.15) is 5.75 Å². The summed E-state index contributed by atoms with van der Waals surface area (Å²) in [5.74, 6) is -2.87. The van der Waals surface area contributed by atoms with E-state index in [1.54, 1.807) is 18.2 Å². The molecule has 0 unspecified atom stereocenters. The third-order valence-corrected chi connectivity index (χ3v) is 2.50. The average molecular weight is 264 g/mol. The van der Waals surface area contributed by atoms with Gasteiger partial charge in [0, 0.05) is 0 Å². The van der Waals surface area contributed by atoms with Gasteiger partial charge in [-0.2, -0.15) is 0 Å². The first-order valence-electron chi connectivity index (χ1n) is 6.07. The van der Waals surface area contributed by atoms with Gasteiger partial charge in [0.2, 0.25) is 5.78 Å². The number of benzene rings is 1. The number of carbonyl (C=O) groups is 3.